The van der Waals surface area contributed by atoms with E-state index in [0.29, 0.717) is 23.3 Å². The van der Waals surface area contributed by atoms with Gasteiger partial charge in [0.05, 0.1) is 24.7 Å². The second-order valence-corrected chi connectivity index (χ2v) is 9.89. The van der Waals surface area contributed by atoms with Crippen LogP contribution in [0.15, 0.2) is 41.3 Å². The Labute approximate surface area is 188 Å². The van der Waals surface area contributed by atoms with Crippen LogP contribution in [0.5, 0.6) is 0 Å². The number of halogens is 2. The van der Waals surface area contributed by atoms with Crippen molar-refractivity contribution >= 4 is 33.2 Å². The van der Waals surface area contributed by atoms with E-state index < -0.39 is 10.0 Å². The van der Waals surface area contributed by atoms with Crippen LogP contribution in [0.1, 0.15) is 22.6 Å². The highest BCUT2D eigenvalue weighted by molar-refractivity contribution is 7.89. The summed E-state index contributed by atoms with van der Waals surface area (Å²) >= 11 is 12.7. The Bertz CT molecular complexity index is 985. The van der Waals surface area contributed by atoms with Gasteiger partial charge in [0.25, 0.3) is 0 Å². The highest BCUT2D eigenvalue weighted by atomic mass is 35.5. The van der Waals surface area contributed by atoms with E-state index >= 15 is 0 Å². The number of ether oxygens (including phenoxy) is 2. The first-order valence-electron chi connectivity index (χ1n) is 9.64. The molecule has 6 nitrogen and oxygen atoms in total. The number of benzene rings is 2. The molecule has 1 atom stereocenters. The summed E-state index contributed by atoms with van der Waals surface area (Å²) in [6, 6.07) is 10.7. The highest BCUT2D eigenvalue weighted by Gasteiger charge is 2.28. The number of hydrogen-bond donors (Lipinski definition) is 1. The Hall–Kier alpha value is -1.19. The molecule has 0 spiro atoms. The first kappa shape index (κ1) is 23.5. The number of sulfonamides is 1. The fraction of sp³-hybridized carbons (Fsp3) is 0.429. The Morgan fingerprint density at radius 2 is 1.97 bits per heavy atom. The number of hydrogen-bond acceptors (Lipinski definition) is 5. The van der Waals surface area contributed by atoms with Gasteiger partial charge in [0.15, 0.2) is 0 Å². The van der Waals surface area contributed by atoms with Crippen LogP contribution in [-0.2, 0) is 26.0 Å². The third-order valence-electron chi connectivity index (χ3n) is 5.03. The average Bonchev–Trinajstić information content (AvgIpc) is 2.71. The summed E-state index contributed by atoms with van der Waals surface area (Å²) in [5.41, 5.74) is 2.97. The zero-order chi connectivity index (χ0) is 21.7. The number of methoxy groups -OCH3 is 1. The minimum absolute atomic E-state index is 0.0255. The van der Waals surface area contributed by atoms with Crippen molar-refractivity contribution in [2.75, 3.05) is 47.1 Å². The van der Waals surface area contributed by atoms with E-state index in [4.69, 9.17) is 32.7 Å². The molecule has 30 heavy (non-hydrogen) atoms. The van der Waals surface area contributed by atoms with E-state index in [1.165, 1.54) is 0 Å². The van der Waals surface area contributed by atoms with E-state index in [9.17, 15) is 8.42 Å². The Morgan fingerprint density at radius 1 is 1.17 bits per heavy atom. The van der Waals surface area contributed by atoms with Gasteiger partial charge < -0.3 is 14.4 Å². The molecule has 9 heteroatoms. The Balaban J connectivity index is 1.81. The van der Waals surface area contributed by atoms with Crippen molar-refractivity contribution in [2.45, 2.75) is 17.4 Å². The molecular weight excluding hydrogens is 447 g/mol. The molecular formula is C21H26Cl2N2O4S. The van der Waals surface area contributed by atoms with E-state index in [2.05, 4.69) is 9.62 Å². The molecule has 1 aliphatic heterocycles. The molecule has 2 aromatic rings. The van der Waals surface area contributed by atoms with Gasteiger partial charge in [0.1, 0.15) is 0 Å². The lowest BCUT2D eigenvalue weighted by atomic mass is 9.85. The molecule has 0 amide bonds. The molecule has 0 radical (unpaired) electrons. The van der Waals surface area contributed by atoms with Crippen LogP contribution in [0.3, 0.4) is 0 Å². The number of likely N-dealkylation sites (N-methyl/N-ethyl adjacent to an activating group) is 1. The summed E-state index contributed by atoms with van der Waals surface area (Å²) < 4.78 is 38.3. The van der Waals surface area contributed by atoms with Crippen LogP contribution in [0.25, 0.3) is 0 Å². The molecule has 164 valence electrons. The quantitative estimate of drug-likeness (QED) is 0.565. The number of nitrogens with zero attached hydrogens (tertiary/aromatic N) is 1. The minimum atomic E-state index is -3.65. The van der Waals surface area contributed by atoms with Gasteiger partial charge >= 0.3 is 0 Å². The van der Waals surface area contributed by atoms with Gasteiger partial charge in [0.2, 0.25) is 10.0 Å². The van der Waals surface area contributed by atoms with Crippen molar-refractivity contribution < 1.29 is 17.9 Å². The molecule has 0 aromatic heterocycles. The van der Waals surface area contributed by atoms with E-state index in [1.807, 2.05) is 19.2 Å². The lowest BCUT2D eigenvalue weighted by Gasteiger charge is -2.33. The molecule has 0 saturated heterocycles. The lowest BCUT2D eigenvalue weighted by Crippen LogP contribution is -2.31. The monoisotopic (exact) mass is 472 g/mol. The molecule has 0 unspecified atom stereocenters. The minimum Gasteiger partial charge on any atom is -0.382 e. The fourth-order valence-electron chi connectivity index (χ4n) is 3.60. The van der Waals surface area contributed by atoms with Gasteiger partial charge in [-0.25, -0.2) is 13.1 Å². The van der Waals surface area contributed by atoms with Crippen LogP contribution in [-0.4, -0.2) is 60.4 Å². The van der Waals surface area contributed by atoms with Crippen LogP contribution < -0.4 is 4.72 Å². The molecule has 3 rings (SSSR count). The third-order valence-corrected chi connectivity index (χ3v) is 7.05. The summed E-state index contributed by atoms with van der Waals surface area (Å²) in [5.74, 6) is -0.0255. The van der Waals surface area contributed by atoms with Gasteiger partial charge in [0, 0.05) is 42.7 Å². The topological polar surface area (TPSA) is 67.9 Å². The zero-order valence-corrected chi connectivity index (χ0v) is 19.4. The number of rotatable bonds is 9. The summed E-state index contributed by atoms with van der Waals surface area (Å²) in [6.07, 6.45) is 0. The molecule has 1 heterocycles. The predicted octanol–water partition coefficient (Wildman–Crippen LogP) is 3.51. The van der Waals surface area contributed by atoms with Gasteiger partial charge in [-0.2, -0.15) is 0 Å². The second kappa shape index (κ2) is 10.4. The zero-order valence-electron chi connectivity index (χ0n) is 17.0. The van der Waals surface area contributed by atoms with Gasteiger partial charge in [-0.05, 0) is 48.0 Å². The fourth-order valence-corrected chi connectivity index (χ4v) is 5.24. The number of fused-ring (bicyclic) bond motifs is 1. The normalized spacial score (nSPS) is 17.1. The average molecular weight is 473 g/mol. The first-order valence-corrected chi connectivity index (χ1v) is 11.9. The molecule has 0 aliphatic carbocycles. The summed E-state index contributed by atoms with van der Waals surface area (Å²) in [4.78, 5) is 2.39. The van der Waals surface area contributed by atoms with Crippen molar-refractivity contribution in [1.29, 1.82) is 0 Å². The van der Waals surface area contributed by atoms with Gasteiger partial charge in [-0.15, -0.1) is 0 Å². The Morgan fingerprint density at radius 3 is 2.73 bits per heavy atom. The SMILES string of the molecule is COCCOCCNS(=O)(=O)c1cccc([C@@H]2CN(C)Cc3c(Cl)cc(Cl)cc32)c1. The van der Waals surface area contributed by atoms with E-state index in [0.717, 1.165) is 29.8 Å². The van der Waals surface area contributed by atoms with Crippen molar-refractivity contribution in [2.24, 2.45) is 0 Å². The van der Waals surface area contributed by atoms with Crippen molar-refractivity contribution in [1.82, 2.24) is 9.62 Å². The largest absolute Gasteiger partial charge is 0.382 e. The standard InChI is InChI=1S/C21H26Cl2N2O4S/c1-25-13-19(18-11-16(22)12-21(23)20(18)14-25)15-4-3-5-17(10-15)30(26,27)24-6-7-29-9-8-28-2/h3-5,10-12,19,24H,6-9,13-14H2,1-2H3/t19-/m0/s1. The van der Waals surface area contributed by atoms with Crippen molar-refractivity contribution in [3.8, 4) is 0 Å². The molecule has 0 bridgehead atoms. The van der Waals surface area contributed by atoms with Crippen LogP contribution in [0, 0.1) is 0 Å². The molecule has 1 N–H and O–H groups in total. The van der Waals surface area contributed by atoms with Gasteiger partial charge in [-0.1, -0.05) is 35.3 Å². The van der Waals surface area contributed by atoms with Crippen LogP contribution >= 0.6 is 23.2 Å². The molecule has 0 fully saturated rings. The molecule has 0 saturated carbocycles. The van der Waals surface area contributed by atoms with Gasteiger partial charge in [-0.3, -0.25) is 0 Å². The van der Waals surface area contributed by atoms with Crippen LogP contribution in [0.2, 0.25) is 10.0 Å². The van der Waals surface area contributed by atoms with E-state index in [-0.39, 0.29) is 24.0 Å². The lowest BCUT2D eigenvalue weighted by molar-refractivity contribution is 0.0736. The molecule has 2 aromatic carbocycles. The first-order chi connectivity index (χ1) is 14.3. The van der Waals surface area contributed by atoms with E-state index in [1.54, 1.807) is 31.4 Å². The third kappa shape index (κ3) is 5.73. The second-order valence-electron chi connectivity index (χ2n) is 7.28. The number of nitrogens with one attached hydrogen (secondary N) is 1. The summed E-state index contributed by atoms with van der Waals surface area (Å²) in [5, 5.41) is 1.21. The predicted molar refractivity (Wildman–Crippen MR) is 119 cm³/mol. The maximum atomic E-state index is 12.7. The smallest absolute Gasteiger partial charge is 0.240 e. The maximum absolute atomic E-state index is 12.7. The maximum Gasteiger partial charge on any atom is 0.240 e. The summed E-state index contributed by atoms with van der Waals surface area (Å²) in [6.45, 7) is 2.84. The summed E-state index contributed by atoms with van der Waals surface area (Å²) in [7, 11) is -0.0412. The van der Waals surface area contributed by atoms with Crippen LogP contribution in [0.4, 0.5) is 0 Å². The van der Waals surface area contributed by atoms with Crippen molar-refractivity contribution in [3.05, 3.63) is 63.1 Å². The highest BCUT2D eigenvalue weighted by Crippen LogP contribution is 2.38. The van der Waals surface area contributed by atoms with Crippen molar-refractivity contribution in [3.63, 3.8) is 0 Å². The Kier molecular flexibility index (Phi) is 8.15. The molecule has 1 aliphatic rings.